The second kappa shape index (κ2) is 5.18. The molecule has 0 amide bonds. The molecule has 0 aliphatic rings. The predicted octanol–water partition coefficient (Wildman–Crippen LogP) is 3.22. The molecule has 2 rings (SSSR count). The first kappa shape index (κ1) is 12.6. The fourth-order valence-corrected chi connectivity index (χ4v) is 2.29. The number of hydrogen-bond donors (Lipinski definition) is 1. The number of hydrogen-bond acceptors (Lipinski definition) is 4. The summed E-state index contributed by atoms with van der Waals surface area (Å²) in [6.45, 7) is 4.52. The molecule has 1 heterocycles. The third-order valence-corrected chi connectivity index (χ3v) is 3.29. The van der Waals surface area contributed by atoms with E-state index in [4.69, 9.17) is 9.84 Å². The molecule has 0 aliphatic carbocycles. The second-order valence-corrected chi connectivity index (χ2v) is 4.61. The number of aromatic carboxylic acids is 1. The summed E-state index contributed by atoms with van der Waals surface area (Å²) in [4.78, 5) is 14.9. The Balaban J connectivity index is 2.33. The van der Waals surface area contributed by atoms with Crippen LogP contribution >= 0.6 is 11.3 Å². The zero-order valence-electron chi connectivity index (χ0n) is 10.1. The highest BCUT2D eigenvalue weighted by molar-refractivity contribution is 7.11. The Morgan fingerprint density at radius 3 is 2.83 bits per heavy atom. The number of benzene rings is 1. The van der Waals surface area contributed by atoms with Crippen LogP contribution in [-0.2, 0) is 0 Å². The average molecular weight is 263 g/mol. The van der Waals surface area contributed by atoms with E-state index < -0.39 is 5.97 Å². The second-order valence-electron chi connectivity index (χ2n) is 3.76. The number of carboxylic acid groups (broad SMARTS) is 1. The summed E-state index contributed by atoms with van der Waals surface area (Å²) in [5.41, 5.74) is 2.60. The van der Waals surface area contributed by atoms with Gasteiger partial charge in [-0.05, 0) is 37.6 Å². The van der Waals surface area contributed by atoms with E-state index in [0.29, 0.717) is 12.3 Å². The lowest BCUT2D eigenvalue weighted by atomic mass is 10.1. The van der Waals surface area contributed by atoms with Crippen molar-refractivity contribution in [2.45, 2.75) is 13.8 Å². The van der Waals surface area contributed by atoms with Crippen molar-refractivity contribution >= 4 is 17.3 Å². The number of aryl methyl sites for hydroxylation is 1. The largest absolute Gasteiger partial charge is 0.494 e. The molecule has 18 heavy (non-hydrogen) atoms. The van der Waals surface area contributed by atoms with Crippen LogP contribution in [0.1, 0.15) is 22.3 Å². The van der Waals surface area contributed by atoms with E-state index in [1.165, 1.54) is 0 Å². The smallest absolute Gasteiger partial charge is 0.365 e. The van der Waals surface area contributed by atoms with Crippen LogP contribution in [0.5, 0.6) is 5.75 Å². The van der Waals surface area contributed by atoms with Gasteiger partial charge in [-0.25, -0.2) is 9.78 Å². The van der Waals surface area contributed by atoms with Gasteiger partial charge in [0.25, 0.3) is 0 Å². The van der Waals surface area contributed by atoms with E-state index in [1.54, 1.807) is 5.38 Å². The SMILES string of the molecule is CCOc1ccc(-c2csc(C(=O)O)n2)cc1C. The minimum absolute atomic E-state index is 0.108. The van der Waals surface area contributed by atoms with Crippen molar-refractivity contribution in [3.8, 4) is 17.0 Å². The number of carbonyl (C=O) groups is 1. The van der Waals surface area contributed by atoms with Crippen LogP contribution in [0.15, 0.2) is 23.6 Å². The van der Waals surface area contributed by atoms with E-state index >= 15 is 0 Å². The summed E-state index contributed by atoms with van der Waals surface area (Å²) in [5, 5.41) is 10.7. The molecule has 1 aromatic heterocycles. The molecule has 0 fully saturated rings. The first-order valence-electron chi connectivity index (χ1n) is 5.54. The molecule has 0 saturated carbocycles. The third kappa shape index (κ3) is 2.51. The van der Waals surface area contributed by atoms with Gasteiger partial charge in [0.2, 0.25) is 5.01 Å². The number of ether oxygens (including phenoxy) is 1. The van der Waals surface area contributed by atoms with E-state index in [2.05, 4.69) is 4.98 Å². The summed E-state index contributed by atoms with van der Waals surface area (Å²) in [6.07, 6.45) is 0. The quantitative estimate of drug-likeness (QED) is 0.920. The lowest BCUT2D eigenvalue weighted by Crippen LogP contribution is -1.95. The standard InChI is InChI=1S/C13H13NO3S/c1-3-17-11-5-4-9(6-8(11)2)10-7-18-12(14-10)13(15)16/h4-7H,3H2,1-2H3,(H,15,16). The maximum atomic E-state index is 10.8. The first-order valence-corrected chi connectivity index (χ1v) is 6.42. The van der Waals surface area contributed by atoms with Gasteiger partial charge in [-0.15, -0.1) is 11.3 Å². The van der Waals surface area contributed by atoms with Gasteiger partial charge in [0.05, 0.1) is 12.3 Å². The molecule has 2 aromatic rings. The Kier molecular flexibility index (Phi) is 3.62. The van der Waals surface area contributed by atoms with Gasteiger partial charge in [0.1, 0.15) is 5.75 Å². The number of aromatic nitrogens is 1. The summed E-state index contributed by atoms with van der Waals surface area (Å²) >= 11 is 1.13. The van der Waals surface area contributed by atoms with Gasteiger partial charge >= 0.3 is 5.97 Å². The molecule has 0 unspecified atom stereocenters. The maximum absolute atomic E-state index is 10.8. The van der Waals surface area contributed by atoms with E-state index in [1.807, 2.05) is 32.0 Å². The Bertz CT molecular complexity index is 577. The van der Waals surface area contributed by atoms with Crippen LogP contribution in [0.2, 0.25) is 0 Å². The fraction of sp³-hybridized carbons (Fsp3) is 0.231. The molecule has 0 saturated heterocycles. The highest BCUT2D eigenvalue weighted by atomic mass is 32.1. The summed E-state index contributed by atoms with van der Waals surface area (Å²) in [5.74, 6) is -0.149. The third-order valence-electron chi connectivity index (χ3n) is 2.46. The van der Waals surface area contributed by atoms with E-state index in [-0.39, 0.29) is 5.01 Å². The van der Waals surface area contributed by atoms with E-state index in [9.17, 15) is 4.79 Å². The van der Waals surface area contributed by atoms with Crippen LogP contribution < -0.4 is 4.74 Å². The maximum Gasteiger partial charge on any atom is 0.365 e. The number of rotatable bonds is 4. The molecule has 0 bridgehead atoms. The number of carboxylic acids is 1. The summed E-state index contributed by atoms with van der Waals surface area (Å²) < 4.78 is 5.46. The predicted molar refractivity (Wildman–Crippen MR) is 70.4 cm³/mol. The molecule has 5 heteroatoms. The van der Waals surface area contributed by atoms with Gasteiger partial charge in [0.15, 0.2) is 0 Å². The van der Waals surface area contributed by atoms with Gasteiger partial charge in [-0.2, -0.15) is 0 Å². The van der Waals surface area contributed by atoms with Crippen molar-refractivity contribution in [1.29, 1.82) is 0 Å². The average Bonchev–Trinajstić information content (AvgIpc) is 2.81. The zero-order valence-corrected chi connectivity index (χ0v) is 11.0. The first-order chi connectivity index (χ1) is 8.61. The minimum Gasteiger partial charge on any atom is -0.494 e. The van der Waals surface area contributed by atoms with Crippen LogP contribution in [0.25, 0.3) is 11.3 Å². The van der Waals surface area contributed by atoms with Gasteiger partial charge < -0.3 is 9.84 Å². The summed E-state index contributed by atoms with van der Waals surface area (Å²) in [7, 11) is 0. The molecule has 0 atom stereocenters. The van der Waals surface area contributed by atoms with Crippen LogP contribution in [0.4, 0.5) is 0 Å². The Hall–Kier alpha value is -1.88. The Morgan fingerprint density at radius 1 is 1.50 bits per heavy atom. The van der Waals surface area contributed by atoms with Crippen molar-refractivity contribution in [2.24, 2.45) is 0 Å². The molecular formula is C13H13NO3S. The van der Waals surface area contributed by atoms with Gasteiger partial charge in [-0.3, -0.25) is 0 Å². The van der Waals surface area contributed by atoms with Crippen LogP contribution in [0.3, 0.4) is 0 Å². The van der Waals surface area contributed by atoms with Gasteiger partial charge in [0, 0.05) is 10.9 Å². The van der Waals surface area contributed by atoms with Crippen molar-refractivity contribution in [3.05, 3.63) is 34.2 Å². The topological polar surface area (TPSA) is 59.4 Å². The molecule has 0 spiro atoms. The van der Waals surface area contributed by atoms with Crippen molar-refractivity contribution in [1.82, 2.24) is 4.98 Å². The van der Waals surface area contributed by atoms with Crippen molar-refractivity contribution in [2.75, 3.05) is 6.61 Å². The molecule has 4 nitrogen and oxygen atoms in total. The molecule has 1 aromatic carbocycles. The normalized spacial score (nSPS) is 10.3. The highest BCUT2D eigenvalue weighted by Gasteiger charge is 2.11. The number of nitrogens with zero attached hydrogens (tertiary/aromatic N) is 1. The highest BCUT2D eigenvalue weighted by Crippen LogP contribution is 2.27. The van der Waals surface area contributed by atoms with Crippen molar-refractivity contribution in [3.63, 3.8) is 0 Å². The lowest BCUT2D eigenvalue weighted by Gasteiger charge is -2.07. The molecule has 0 radical (unpaired) electrons. The molecule has 94 valence electrons. The minimum atomic E-state index is -0.992. The molecule has 1 N–H and O–H groups in total. The zero-order chi connectivity index (χ0) is 13.1. The van der Waals surface area contributed by atoms with E-state index in [0.717, 1.165) is 28.2 Å². The van der Waals surface area contributed by atoms with Crippen molar-refractivity contribution < 1.29 is 14.6 Å². The Labute approximate surface area is 109 Å². The van der Waals surface area contributed by atoms with Gasteiger partial charge in [-0.1, -0.05) is 0 Å². The Morgan fingerprint density at radius 2 is 2.28 bits per heavy atom. The molecular weight excluding hydrogens is 250 g/mol. The molecule has 0 aliphatic heterocycles. The van der Waals surface area contributed by atoms with Crippen LogP contribution in [-0.4, -0.2) is 22.7 Å². The summed E-state index contributed by atoms with van der Waals surface area (Å²) in [6, 6.07) is 5.72. The number of thiazole rings is 1. The monoisotopic (exact) mass is 263 g/mol. The lowest BCUT2D eigenvalue weighted by molar-refractivity contribution is 0.0696. The fourth-order valence-electron chi connectivity index (χ4n) is 1.63. The van der Waals surface area contributed by atoms with Crippen LogP contribution in [0, 0.1) is 6.92 Å².